The largest absolute Gasteiger partial charge is 0.435 e. The topological polar surface area (TPSA) is 64.4 Å². The Balaban J connectivity index is 2.60. The quantitative estimate of drug-likeness (QED) is 0.776. The molecule has 0 aliphatic rings. The molecule has 21 heavy (non-hydrogen) atoms. The van der Waals surface area contributed by atoms with Gasteiger partial charge in [-0.2, -0.15) is 8.78 Å². The fourth-order valence-corrected chi connectivity index (χ4v) is 2.11. The summed E-state index contributed by atoms with van der Waals surface area (Å²) in [6.07, 6.45) is 1.35. The zero-order valence-corrected chi connectivity index (χ0v) is 12.4. The van der Waals surface area contributed by atoms with Crippen LogP contribution >= 0.6 is 0 Å². The minimum Gasteiger partial charge on any atom is -0.435 e. The molecule has 1 aromatic carbocycles. The zero-order chi connectivity index (χ0) is 15.9. The maximum atomic E-state index is 12.2. The Bertz CT molecular complexity index is 437. The second kappa shape index (κ2) is 7.93. The van der Waals surface area contributed by atoms with Crippen LogP contribution in [0.5, 0.6) is 5.75 Å². The van der Waals surface area contributed by atoms with E-state index >= 15 is 0 Å². The molecule has 0 aliphatic heterocycles. The molecular weight excluding hydrogens is 278 g/mol. The SMILES string of the molecule is CCC(CC)(CN)C(=O)NCc1ccc(OC(F)F)cc1. The fourth-order valence-electron chi connectivity index (χ4n) is 2.11. The van der Waals surface area contributed by atoms with Crippen molar-refractivity contribution in [2.45, 2.75) is 39.8 Å². The lowest BCUT2D eigenvalue weighted by Gasteiger charge is -2.28. The lowest BCUT2D eigenvalue weighted by molar-refractivity contribution is -0.131. The maximum absolute atomic E-state index is 12.2. The van der Waals surface area contributed by atoms with Gasteiger partial charge in [0.1, 0.15) is 5.75 Å². The minimum atomic E-state index is -2.84. The predicted octanol–water partition coefficient (Wildman–Crippen LogP) is 2.67. The summed E-state index contributed by atoms with van der Waals surface area (Å²) in [6.45, 7) is 1.66. The smallest absolute Gasteiger partial charge is 0.387 e. The molecule has 0 bridgehead atoms. The number of hydrogen-bond donors (Lipinski definition) is 2. The van der Waals surface area contributed by atoms with Crippen LogP contribution in [0.3, 0.4) is 0 Å². The van der Waals surface area contributed by atoms with E-state index in [1.54, 1.807) is 12.1 Å². The van der Waals surface area contributed by atoms with E-state index in [4.69, 9.17) is 5.73 Å². The maximum Gasteiger partial charge on any atom is 0.387 e. The van der Waals surface area contributed by atoms with E-state index in [0.29, 0.717) is 25.9 Å². The van der Waals surface area contributed by atoms with Gasteiger partial charge >= 0.3 is 6.61 Å². The van der Waals surface area contributed by atoms with Crippen molar-refractivity contribution in [3.8, 4) is 5.75 Å². The number of carbonyl (C=O) groups excluding carboxylic acids is 1. The van der Waals surface area contributed by atoms with Crippen LogP contribution < -0.4 is 15.8 Å². The first-order chi connectivity index (χ1) is 9.97. The van der Waals surface area contributed by atoms with Gasteiger partial charge in [0, 0.05) is 13.1 Å². The van der Waals surface area contributed by atoms with Crippen LogP contribution in [0.4, 0.5) is 8.78 Å². The molecule has 0 radical (unpaired) electrons. The van der Waals surface area contributed by atoms with Gasteiger partial charge < -0.3 is 15.8 Å². The Morgan fingerprint density at radius 2 is 1.86 bits per heavy atom. The van der Waals surface area contributed by atoms with Gasteiger partial charge in [-0.1, -0.05) is 26.0 Å². The average Bonchev–Trinajstić information content (AvgIpc) is 2.48. The number of halogens is 2. The molecule has 0 fully saturated rings. The summed E-state index contributed by atoms with van der Waals surface area (Å²) in [5.41, 5.74) is 5.98. The molecule has 4 nitrogen and oxygen atoms in total. The number of nitrogens with one attached hydrogen (secondary N) is 1. The Morgan fingerprint density at radius 1 is 1.29 bits per heavy atom. The van der Waals surface area contributed by atoms with E-state index in [9.17, 15) is 13.6 Å². The summed E-state index contributed by atoms with van der Waals surface area (Å²) in [4.78, 5) is 12.2. The number of rotatable bonds is 8. The molecule has 0 aliphatic carbocycles. The second-order valence-electron chi connectivity index (χ2n) is 4.90. The van der Waals surface area contributed by atoms with Crippen molar-refractivity contribution in [1.82, 2.24) is 5.32 Å². The standard InChI is InChI=1S/C15H22F2N2O2/c1-3-15(4-2,10-18)13(20)19-9-11-5-7-12(8-6-11)21-14(16)17/h5-8,14H,3-4,9-10,18H2,1-2H3,(H,19,20). The van der Waals surface area contributed by atoms with E-state index in [1.165, 1.54) is 12.1 Å². The van der Waals surface area contributed by atoms with Crippen LogP contribution in [0, 0.1) is 5.41 Å². The van der Waals surface area contributed by atoms with Gasteiger partial charge in [0.2, 0.25) is 5.91 Å². The molecule has 1 aromatic rings. The number of amides is 1. The van der Waals surface area contributed by atoms with Crippen molar-refractivity contribution in [3.63, 3.8) is 0 Å². The molecule has 1 rings (SSSR count). The average molecular weight is 300 g/mol. The van der Waals surface area contributed by atoms with E-state index in [2.05, 4.69) is 10.1 Å². The van der Waals surface area contributed by atoms with E-state index < -0.39 is 12.0 Å². The first kappa shape index (κ1) is 17.4. The number of ether oxygens (including phenoxy) is 1. The summed E-state index contributed by atoms with van der Waals surface area (Å²) in [6, 6.07) is 6.17. The van der Waals surface area contributed by atoms with E-state index in [1.807, 2.05) is 13.8 Å². The summed E-state index contributed by atoms with van der Waals surface area (Å²) in [5.74, 6) is 0.0152. The van der Waals surface area contributed by atoms with Crippen LogP contribution in [0.25, 0.3) is 0 Å². The summed E-state index contributed by atoms with van der Waals surface area (Å²) in [5, 5.41) is 2.84. The lowest BCUT2D eigenvalue weighted by atomic mass is 9.81. The van der Waals surface area contributed by atoms with Crippen molar-refractivity contribution in [3.05, 3.63) is 29.8 Å². The van der Waals surface area contributed by atoms with E-state index in [0.717, 1.165) is 5.56 Å². The third kappa shape index (κ3) is 4.67. The summed E-state index contributed by atoms with van der Waals surface area (Å²) >= 11 is 0. The number of nitrogens with two attached hydrogens (primary N) is 1. The van der Waals surface area contributed by atoms with Gasteiger partial charge in [-0.3, -0.25) is 4.79 Å². The first-order valence-corrected chi connectivity index (χ1v) is 6.99. The predicted molar refractivity (Wildman–Crippen MR) is 77.0 cm³/mol. The molecule has 0 aromatic heterocycles. The number of benzene rings is 1. The number of carbonyl (C=O) groups is 1. The van der Waals surface area contributed by atoms with Gasteiger partial charge in [-0.15, -0.1) is 0 Å². The van der Waals surface area contributed by atoms with Crippen molar-refractivity contribution in [2.75, 3.05) is 6.54 Å². The van der Waals surface area contributed by atoms with Gasteiger partial charge in [-0.25, -0.2) is 0 Å². The van der Waals surface area contributed by atoms with Gasteiger partial charge in [0.15, 0.2) is 0 Å². The zero-order valence-electron chi connectivity index (χ0n) is 12.4. The van der Waals surface area contributed by atoms with E-state index in [-0.39, 0.29) is 11.7 Å². The molecule has 118 valence electrons. The van der Waals surface area contributed by atoms with Gasteiger partial charge in [-0.05, 0) is 30.5 Å². The van der Waals surface area contributed by atoms with Crippen molar-refractivity contribution in [2.24, 2.45) is 11.1 Å². The van der Waals surface area contributed by atoms with Gasteiger partial charge in [0.25, 0.3) is 0 Å². The van der Waals surface area contributed by atoms with Crippen LogP contribution in [-0.2, 0) is 11.3 Å². The molecule has 6 heteroatoms. The Hall–Kier alpha value is -1.69. The highest BCUT2D eigenvalue weighted by atomic mass is 19.3. The van der Waals surface area contributed by atoms with Crippen molar-refractivity contribution < 1.29 is 18.3 Å². The highest BCUT2D eigenvalue weighted by Crippen LogP contribution is 2.25. The highest BCUT2D eigenvalue weighted by molar-refractivity contribution is 5.82. The summed E-state index contributed by atoms with van der Waals surface area (Å²) in [7, 11) is 0. The normalized spacial score (nSPS) is 11.5. The minimum absolute atomic E-state index is 0.0806. The summed E-state index contributed by atoms with van der Waals surface area (Å²) < 4.78 is 28.3. The second-order valence-corrected chi connectivity index (χ2v) is 4.90. The van der Waals surface area contributed by atoms with Crippen LogP contribution in [0.15, 0.2) is 24.3 Å². The molecule has 0 saturated heterocycles. The number of hydrogen-bond acceptors (Lipinski definition) is 3. The molecule has 0 heterocycles. The molecule has 1 amide bonds. The molecule has 0 atom stereocenters. The van der Waals surface area contributed by atoms with Crippen LogP contribution in [-0.4, -0.2) is 19.1 Å². The van der Waals surface area contributed by atoms with Crippen LogP contribution in [0.1, 0.15) is 32.3 Å². The van der Waals surface area contributed by atoms with Crippen LogP contribution in [0.2, 0.25) is 0 Å². The highest BCUT2D eigenvalue weighted by Gasteiger charge is 2.32. The molecule has 0 spiro atoms. The number of alkyl halides is 2. The fraction of sp³-hybridized carbons (Fsp3) is 0.533. The first-order valence-electron chi connectivity index (χ1n) is 6.99. The Morgan fingerprint density at radius 3 is 2.29 bits per heavy atom. The van der Waals surface area contributed by atoms with Crippen molar-refractivity contribution in [1.29, 1.82) is 0 Å². The monoisotopic (exact) mass is 300 g/mol. The molecule has 0 unspecified atom stereocenters. The Labute approximate surface area is 123 Å². The molecule has 3 N–H and O–H groups in total. The van der Waals surface area contributed by atoms with Crippen molar-refractivity contribution >= 4 is 5.91 Å². The third-order valence-corrected chi connectivity index (χ3v) is 3.83. The Kier molecular flexibility index (Phi) is 6.55. The lowest BCUT2D eigenvalue weighted by Crippen LogP contribution is -2.45. The molecular formula is C15H22F2N2O2. The molecule has 0 saturated carbocycles. The third-order valence-electron chi connectivity index (χ3n) is 3.83. The van der Waals surface area contributed by atoms with Gasteiger partial charge in [0.05, 0.1) is 5.41 Å².